The first-order valence-electron chi connectivity index (χ1n) is 6.08. The highest BCUT2D eigenvalue weighted by Crippen LogP contribution is 2.14. The molecule has 1 rings (SSSR count). The maximum atomic E-state index is 11.8. The lowest BCUT2D eigenvalue weighted by Gasteiger charge is -2.23. The van der Waals surface area contributed by atoms with Crippen LogP contribution in [-0.2, 0) is 24.2 Å². The third-order valence-electron chi connectivity index (χ3n) is 2.92. The fourth-order valence-corrected chi connectivity index (χ4v) is 2.49. The summed E-state index contributed by atoms with van der Waals surface area (Å²) in [5, 5.41) is 11.4. The van der Waals surface area contributed by atoms with Crippen molar-refractivity contribution >= 4 is 21.7 Å². The van der Waals surface area contributed by atoms with Crippen LogP contribution in [0, 0.1) is 5.92 Å². The van der Waals surface area contributed by atoms with E-state index in [1.807, 2.05) is 0 Å². The minimum atomic E-state index is -3.25. The lowest BCUT2D eigenvalue weighted by atomic mass is 10.0. The summed E-state index contributed by atoms with van der Waals surface area (Å²) in [6.07, 6.45) is 2.32. The molecule has 0 saturated carbocycles. The van der Waals surface area contributed by atoms with Crippen LogP contribution in [0.1, 0.15) is 19.3 Å². The second kappa shape index (κ2) is 6.85. The van der Waals surface area contributed by atoms with Crippen molar-refractivity contribution in [2.24, 2.45) is 5.92 Å². The molecule has 7 nitrogen and oxygen atoms in total. The average molecular weight is 293 g/mol. The van der Waals surface area contributed by atoms with Gasteiger partial charge in [0.2, 0.25) is 5.91 Å². The third-order valence-corrected chi connectivity index (χ3v) is 3.90. The van der Waals surface area contributed by atoms with Crippen molar-refractivity contribution in [2.45, 2.75) is 25.3 Å². The smallest absolute Gasteiger partial charge is 0.326 e. The number of nitrogens with one attached hydrogen (secondary N) is 1. The van der Waals surface area contributed by atoms with Crippen LogP contribution in [0.25, 0.3) is 0 Å². The van der Waals surface area contributed by atoms with Crippen LogP contribution in [0.15, 0.2) is 0 Å². The Kier molecular flexibility index (Phi) is 5.74. The number of amides is 1. The van der Waals surface area contributed by atoms with Gasteiger partial charge in [0.15, 0.2) is 0 Å². The van der Waals surface area contributed by atoms with Crippen LogP contribution in [0.2, 0.25) is 0 Å². The summed E-state index contributed by atoms with van der Waals surface area (Å²) < 4.78 is 27.2. The van der Waals surface area contributed by atoms with Crippen molar-refractivity contribution in [1.29, 1.82) is 0 Å². The van der Waals surface area contributed by atoms with Gasteiger partial charge in [0.05, 0.1) is 18.3 Å². The molecule has 2 atom stereocenters. The van der Waals surface area contributed by atoms with Gasteiger partial charge < -0.3 is 15.2 Å². The first-order valence-corrected chi connectivity index (χ1v) is 8.14. The van der Waals surface area contributed by atoms with E-state index >= 15 is 0 Å². The molecule has 0 aliphatic carbocycles. The van der Waals surface area contributed by atoms with Gasteiger partial charge in [-0.25, -0.2) is 13.2 Å². The van der Waals surface area contributed by atoms with Crippen molar-refractivity contribution in [2.75, 3.05) is 25.2 Å². The topological polar surface area (TPSA) is 110 Å². The van der Waals surface area contributed by atoms with Crippen LogP contribution in [0.4, 0.5) is 0 Å². The normalized spacial score (nSPS) is 21.6. The van der Waals surface area contributed by atoms with Gasteiger partial charge in [0, 0.05) is 12.9 Å². The van der Waals surface area contributed by atoms with Crippen LogP contribution < -0.4 is 5.32 Å². The van der Waals surface area contributed by atoms with E-state index in [-0.39, 0.29) is 30.6 Å². The Bertz CT molecular complexity index is 426. The van der Waals surface area contributed by atoms with Gasteiger partial charge in [-0.3, -0.25) is 4.79 Å². The van der Waals surface area contributed by atoms with Gasteiger partial charge >= 0.3 is 5.97 Å². The van der Waals surface area contributed by atoms with Crippen molar-refractivity contribution in [3.05, 3.63) is 0 Å². The molecule has 0 spiro atoms. The highest BCUT2D eigenvalue weighted by atomic mass is 32.2. The third kappa shape index (κ3) is 6.02. The fraction of sp³-hybridized carbons (Fsp3) is 0.818. The standard InChI is InChI=1S/C11H19NO6S/c1-19(16,17)6-4-9(11(14)15)12-10(13)8-3-2-5-18-7-8/h8-9H,2-7H2,1H3,(H,12,13)(H,14,15). The highest BCUT2D eigenvalue weighted by molar-refractivity contribution is 7.90. The van der Waals surface area contributed by atoms with Crippen molar-refractivity contribution < 1.29 is 27.9 Å². The Hall–Kier alpha value is -1.15. The van der Waals surface area contributed by atoms with Gasteiger partial charge in [-0.2, -0.15) is 0 Å². The number of carboxylic acids is 1. The van der Waals surface area contributed by atoms with E-state index in [1.54, 1.807) is 0 Å². The zero-order valence-corrected chi connectivity index (χ0v) is 11.6. The number of aliphatic carboxylic acids is 1. The van der Waals surface area contributed by atoms with Gasteiger partial charge in [-0.1, -0.05) is 0 Å². The molecule has 1 amide bonds. The molecule has 110 valence electrons. The minimum absolute atomic E-state index is 0.131. The van der Waals surface area contributed by atoms with Gasteiger partial charge in [0.25, 0.3) is 0 Å². The first-order chi connectivity index (χ1) is 8.79. The van der Waals surface area contributed by atoms with Crippen LogP contribution in [-0.4, -0.2) is 56.7 Å². The lowest BCUT2D eigenvalue weighted by molar-refractivity contribution is -0.143. The molecular formula is C11H19NO6S. The molecule has 2 N–H and O–H groups in total. The molecule has 8 heteroatoms. The zero-order valence-electron chi connectivity index (χ0n) is 10.8. The van der Waals surface area contributed by atoms with Crippen molar-refractivity contribution in [1.82, 2.24) is 5.32 Å². The summed E-state index contributed by atoms with van der Waals surface area (Å²) >= 11 is 0. The predicted octanol–water partition coefficient (Wildman–Crippen LogP) is -0.583. The minimum Gasteiger partial charge on any atom is -0.480 e. The molecule has 19 heavy (non-hydrogen) atoms. The number of carboxylic acid groups (broad SMARTS) is 1. The average Bonchev–Trinajstić information content (AvgIpc) is 2.33. The number of hydrogen-bond donors (Lipinski definition) is 2. The zero-order chi connectivity index (χ0) is 14.5. The number of ether oxygens (including phenoxy) is 1. The van der Waals surface area contributed by atoms with E-state index in [9.17, 15) is 18.0 Å². The van der Waals surface area contributed by atoms with E-state index in [2.05, 4.69) is 5.32 Å². The number of rotatable bonds is 6. The monoisotopic (exact) mass is 293 g/mol. The molecule has 0 aromatic heterocycles. The number of carbonyl (C=O) groups excluding carboxylic acids is 1. The highest BCUT2D eigenvalue weighted by Gasteiger charge is 2.27. The second-order valence-corrected chi connectivity index (χ2v) is 6.99. The van der Waals surface area contributed by atoms with Gasteiger partial charge in [-0.15, -0.1) is 0 Å². The van der Waals surface area contributed by atoms with Crippen LogP contribution in [0.3, 0.4) is 0 Å². The number of carbonyl (C=O) groups is 2. The summed E-state index contributed by atoms with van der Waals surface area (Å²) in [4.78, 5) is 22.8. The summed E-state index contributed by atoms with van der Waals surface area (Å²) in [5.74, 6) is -2.24. The Morgan fingerprint density at radius 1 is 1.47 bits per heavy atom. The maximum Gasteiger partial charge on any atom is 0.326 e. The molecule has 1 saturated heterocycles. The molecular weight excluding hydrogens is 274 g/mol. The molecule has 2 unspecified atom stereocenters. The molecule has 1 aliphatic rings. The van der Waals surface area contributed by atoms with E-state index in [0.717, 1.165) is 12.7 Å². The molecule has 0 bridgehead atoms. The number of hydrogen-bond acceptors (Lipinski definition) is 5. The van der Waals surface area contributed by atoms with E-state index < -0.39 is 21.8 Å². The molecule has 1 aliphatic heterocycles. The Balaban J connectivity index is 2.52. The Morgan fingerprint density at radius 3 is 2.63 bits per heavy atom. The van der Waals surface area contributed by atoms with Crippen molar-refractivity contribution in [3.8, 4) is 0 Å². The van der Waals surface area contributed by atoms with Gasteiger partial charge in [0.1, 0.15) is 15.9 Å². The molecule has 1 heterocycles. The predicted molar refractivity (Wildman–Crippen MR) is 67.4 cm³/mol. The SMILES string of the molecule is CS(=O)(=O)CCC(NC(=O)C1CCCOC1)C(=O)O. The first kappa shape index (κ1) is 15.9. The van der Waals surface area contributed by atoms with Gasteiger partial charge in [-0.05, 0) is 19.3 Å². The summed E-state index contributed by atoms with van der Waals surface area (Å²) in [6.45, 7) is 0.893. The van der Waals surface area contributed by atoms with E-state index in [0.29, 0.717) is 13.0 Å². The largest absolute Gasteiger partial charge is 0.480 e. The molecule has 0 radical (unpaired) electrons. The Morgan fingerprint density at radius 2 is 2.16 bits per heavy atom. The molecule has 1 fully saturated rings. The lowest BCUT2D eigenvalue weighted by Crippen LogP contribution is -2.46. The van der Waals surface area contributed by atoms with Crippen LogP contribution >= 0.6 is 0 Å². The maximum absolute atomic E-state index is 11.8. The van der Waals surface area contributed by atoms with Crippen molar-refractivity contribution in [3.63, 3.8) is 0 Å². The second-order valence-electron chi connectivity index (χ2n) is 4.73. The molecule has 0 aromatic rings. The van der Waals surface area contributed by atoms with E-state index in [4.69, 9.17) is 9.84 Å². The summed E-state index contributed by atoms with van der Waals surface area (Å²) in [7, 11) is -3.25. The quantitative estimate of drug-likeness (QED) is 0.678. The fourth-order valence-electron chi connectivity index (χ4n) is 1.83. The molecule has 0 aromatic carbocycles. The van der Waals surface area contributed by atoms with Crippen LogP contribution in [0.5, 0.6) is 0 Å². The van der Waals surface area contributed by atoms with E-state index in [1.165, 1.54) is 0 Å². The summed E-state index contributed by atoms with van der Waals surface area (Å²) in [5.41, 5.74) is 0. The Labute approximate surface area is 112 Å². The summed E-state index contributed by atoms with van der Waals surface area (Å²) in [6, 6.07) is -1.18. The number of sulfone groups is 1.